The fraction of sp³-hybridized carbons (Fsp3) is 0.500. The highest BCUT2D eigenvalue weighted by Crippen LogP contribution is 2.20. The Hall–Kier alpha value is -1.62. The van der Waals surface area contributed by atoms with E-state index in [4.69, 9.17) is 4.74 Å². The summed E-state index contributed by atoms with van der Waals surface area (Å²) < 4.78 is 18.6. The van der Waals surface area contributed by atoms with Crippen molar-refractivity contribution in [2.45, 2.75) is 37.8 Å². The van der Waals surface area contributed by atoms with Crippen LogP contribution in [0, 0.1) is 5.82 Å². The SMILES string of the molecule is COc1ccc(C(=O)NC2CCCCC2O)c(F)c1. The zero-order valence-electron chi connectivity index (χ0n) is 10.9. The molecule has 2 unspecified atom stereocenters. The molecule has 1 amide bonds. The standard InChI is InChI=1S/C14H18FNO3/c1-19-9-6-7-10(11(15)8-9)14(18)16-12-4-2-3-5-13(12)17/h6-8,12-13,17H,2-5H2,1H3,(H,16,18). The van der Waals surface area contributed by atoms with Crippen LogP contribution >= 0.6 is 0 Å². The Morgan fingerprint density at radius 3 is 2.79 bits per heavy atom. The first-order chi connectivity index (χ1) is 9.11. The maximum atomic E-state index is 13.7. The number of ether oxygens (including phenoxy) is 1. The average Bonchev–Trinajstić information content (AvgIpc) is 2.41. The molecule has 1 aromatic rings. The third kappa shape index (κ3) is 3.23. The number of amides is 1. The summed E-state index contributed by atoms with van der Waals surface area (Å²) in [7, 11) is 1.44. The summed E-state index contributed by atoms with van der Waals surface area (Å²) in [4.78, 5) is 12.0. The Morgan fingerprint density at radius 1 is 1.42 bits per heavy atom. The maximum absolute atomic E-state index is 13.7. The largest absolute Gasteiger partial charge is 0.497 e. The van der Waals surface area contributed by atoms with Crippen molar-refractivity contribution in [2.75, 3.05) is 7.11 Å². The van der Waals surface area contributed by atoms with E-state index in [9.17, 15) is 14.3 Å². The van der Waals surface area contributed by atoms with Gasteiger partial charge in [0, 0.05) is 6.07 Å². The first-order valence-corrected chi connectivity index (χ1v) is 6.44. The number of aliphatic hydroxyl groups is 1. The molecule has 2 atom stereocenters. The number of benzene rings is 1. The van der Waals surface area contributed by atoms with Crippen LogP contribution in [0.15, 0.2) is 18.2 Å². The van der Waals surface area contributed by atoms with Crippen LogP contribution in [0.4, 0.5) is 4.39 Å². The van der Waals surface area contributed by atoms with Crippen LogP contribution in [-0.2, 0) is 0 Å². The Kier molecular flexibility index (Phi) is 4.37. The molecule has 0 heterocycles. The fourth-order valence-electron chi connectivity index (χ4n) is 2.33. The molecule has 0 aromatic heterocycles. The van der Waals surface area contributed by atoms with Crippen LogP contribution in [0.5, 0.6) is 5.75 Å². The normalized spacial score (nSPS) is 22.9. The molecule has 1 aliphatic carbocycles. The Balaban J connectivity index is 2.07. The van der Waals surface area contributed by atoms with E-state index >= 15 is 0 Å². The maximum Gasteiger partial charge on any atom is 0.254 e. The van der Waals surface area contributed by atoms with E-state index < -0.39 is 17.8 Å². The van der Waals surface area contributed by atoms with E-state index in [1.54, 1.807) is 0 Å². The smallest absolute Gasteiger partial charge is 0.254 e. The van der Waals surface area contributed by atoms with Crippen LogP contribution in [-0.4, -0.2) is 30.3 Å². The van der Waals surface area contributed by atoms with Gasteiger partial charge in [0.25, 0.3) is 5.91 Å². The number of nitrogens with one attached hydrogen (secondary N) is 1. The molecule has 1 aliphatic rings. The van der Waals surface area contributed by atoms with Gasteiger partial charge in [-0.25, -0.2) is 4.39 Å². The molecule has 0 radical (unpaired) electrons. The molecule has 1 saturated carbocycles. The van der Waals surface area contributed by atoms with Gasteiger partial charge in [-0.15, -0.1) is 0 Å². The monoisotopic (exact) mass is 267 g/mol. The highest BCUT2D eigenvalue weighted by atomic mass is 19.1. The van der Waals surface area contributed by atoms with E-state index in [-0.39, 0.29) is 11.6 Å². The van der Waals surface area contributed by atoms with Crippen LogP contribution < -0.4 is 10.1 Å². The van der Waals surface area contributed by atoms with E-state index in [0.29, 0.717) is 12.2 Å². The lowest BCUT2D eigenvalue weighted by molar-refractivity contribution is 0.0714. The van der Waals surface area contributed by atoms with Gasteiger partial charge in [0.1, 0.15) is 11.6 Å². The number of carbonyl (C=O) groups excluding carboxylic acids is 1. The van der Waals surface area contributed by atoms with Crippen LogP contribution in [0.3, 0.4) is 0 Å². The minimum absolute atomic E-state index is 0.0291. The average molecular weight is 267 g/mol. The zero-order chi connectivity index (χ0) is 13.8. The van der Waals surface area contributed by atoms with Crippen molar-refractivity contribution >= 4 is 5.91 Å². The van der Waals surface area contributed by atoms with Gasteiger partial charge in [-0.1, -0.05) is 12.8 Å². The van der Waals surface area contributed by atoms with Crippen molar-refractivity contribution in [1.29, 1.82) is 0 Å². The van der Waals surface area contributed by atoms with Crippen LogP contribution in [0.25, 0.3) is 0 Å². The molecule has 2 rings (SSSR count). The van der Waals surface area contributed by atoms with E-state index in [1.807, 2.05) is 0 Å². The molecule has 0 spiro atoms. The number of rotatable bonds is 3. The van der Waals surface area contributed by atoms with Crippen LogP contribution in [0.2, 0.25) is 0 Å². The first kappa shape index (κ1) is 13.8. The lowest BCUT2D eigenvalue weighted by Gasteiger charge is -2.28. The summed E-state index contributed by atoms with van der Waals surface area (Å²) in [5.74, 6) is -0.750. The van der Waals surface area contributed by atoms with Gasteiger partial charge in [-0.3, -0.25) is 4.79 Å². The van der Waals surface area contributed by atoms with Crippen LogP contribution in [0.1, 0.15) is 36.0 Å². The summed E-state index contributed by atoms with van der Waals surface area (Å²) in [6, 6.07) is 3.81. The lowest BCUT2D eigenvalue weighted by atomic mass is 9.92. The molecule has 2 N–H and O–H groups in total. The van der Waals surface area contributed by atoms with E-state index in [2.05, 4.69) is 5.32 Å². The second kappa shape index (κ2) is 6.02. The molecular weight excluding hydrogens is 249 g/mol. The molecule has 0 saturated heterocycles. The molecule has 1 aromatic carbocycles. The number of carbonyl (C=O) groups is 1. The van der Waals surface area contributed by atoms with Crippen molar-refractivity contribution in [2.24, 2.45) is 0 Å². The topological polar surface area (TPSA) is 58.6 Å². The zero-order valence-corrected chi connectivity index (χ0v) is 10.9. The highest BCUT2D eigenvalue weighted by molar-refractivity contribution is 5.94. The van der Waals surface area contributed by atoms with Crippen molar-refractivity contribution in [1.82, 2.24) is 5.32 Å². The number of aliphatic hydroxyl groups excluding tert-OH is 1. The molecule has 4 nitrogen and oxygen atoms in total. The number of hydrogen-bond acceptors (Lipinski definition) is 3. The highest BCUT2D eigenvalue weighted by Gasteiger charge is 2.25. The molecule has 19 heavy (non-hydrogen) atoms. The summed E-state index contributed by atoms with van der Waals surface area (Å²) >= 11 is 0. The minimum Gasteiger partial charge on any atom is -0.497 e. The second-order valence-electron chi connectivity index (χ2n) is 4.78. The molecule has 104 valence electrons. The number of methoxy groups -OCH3 is 1. The minimum atomic E-state index is -0.623. The third-order valence-corrected chi connectivity index (χ3v) is 3.47. The van der Waals surface area contributed by atoms with Gasteiger partial charge in [-0.2, -0.15) is 0 Å². The third-order valence-electron chi connectivity index (χ3n) is 3.47. The molecule has 1 fully saturated rings. The molecular formula is C14H18FNO3. The van der Waals surface area contributed by atoms with E-state index in [1.165, 1.54) is 25.3 Å². The first-order valence-electron chi connectivity index (χ1n) is 6.44. The predicted molar refractivity (Wildman–Crippen MR) is 68.7 cm³/mol. The van der Waals surface area contributed by atoms with Crippen molar-refractivity contribution in [3.8, 4) is 5.75 Å². The van der Waals surface area contributed by atoms with E-state index in [0.717, 1.165) is 19.3 Å². The summed E-state index contributed by atoms with van der Waals surface area (Å²) in [6.07, 6.45) is 2.79. The fourth-order valence-corrected chi connectivity index (χ4v) is 2.33. The summed E-state index contributed by atoms with van der Waals surface area (Å²) in [5, 5.41) is 12.5. The van der Waals surface area contributed by atoms with Gasteiger partial charge >= 0.3 is 0 Å². The molecule has 5 heteroatoms. The van der Waals surface area contributed by atoms with Crippen molar-refractivity contribution in [3.63, 3.8) is 0 Å². The van der Waals surface area contributed by atoms with Gasteiger partial charge in [0.2, 0.25) is 0 Å². The molecule has 0 aliphatic heterocycles. The second-order valence-corrected chi connectivity index (χ2v) is 4.78. The predicted octanol–water partition coefficient (Wildman–Crippen LogP) is 1.87. The lowest BCUT2D eigenvalue weighted by Crippen LogP contribution is -2.45. The summed E-state index contributed by atoms with van der Waals surface area (Å²) in [6.45, 7) is 0. The Bertz CT molecular complexity index is 464. The summed E-state index contributed by atoms with van der Waals surface area (Å²) in [5.41, 5.74) is -0.0291. The van der Waals surface area contributed by atoms with Gasteiger partial charge in [0.15, 0.2) is 0 Å². The van der Waals surface area contributed by atoms with Gasteiger partial charge < -0.3 is 15.2 Å². The van der Waals surface area contributed by atoms with Crippen molar-refractivity contribution in [3.05, 3.63) is 29.6 Å². The van der Waals surface area contributed by atoms with Gasteiger partial charge in [-0.05, 0) is 25.0 Å². The Labute approximate surface area is 111 Å². The number of halogens is 1. The number of hydrogen-bond donors (Lipinski definition) is 2. The quantitative estimate of drug-likeness (QED) is 0.879. The Morgan fingerprint density at radius 2 is 2.16 bits per heavy atom. The van der Waals surface area contributed by atoms with Gasteiger partial charge in [0.05, 0.1) is 24.8 Å². The van der Waals surface area contributed by atoms with Crippen molar-refractivity contribution < 1.29 is 19.0 Å². The molecule has 0 bridgehead atoms.